The summed E-state index contributed by atoms with van der Waals surface area (Å²) in [5, 5.41) is 14.1. The lowest BCUT2D eigenvalue weighted by Gasteiger charge is -2.00. The van der Waals surface area contributed by atoms with Crippen molar-refractivity contribution < 1.29 is 0 Å². The number of rotatable bonds is 3. The molecule has 0 bridgehead atoms. The number of thiophene rings is 1. The van der Waals surface area contributed by atoms with Crippen LogP contribution in [0.3, 0.4) is 0 Å². The molecule has 0 spiro atoms. The van der Waals surface area contributed by atoms with Crippen LogP contribution in [0.4, 0.5) is 0 Å². The van der Waals surface area contributed by atoms with E-state index >= 15 is 0 Å². The Morgan fingerprint density at radius 3 is 2.69 bits per heavy atom. The first kappa shape index (κ1) is 16.1. The fourth-order valence-electron chi connectivity index (χ4n) is 3.65. The maximum absolute atomic E-state index is 4.58. The second kappa shape index (κ2) is 6.35. The number of benzene rings is 1. The van der Waals surface area contributed by atoms with Crippen LogP contribution in [0.1, 0.15) is 0 Å². The summed E-state index contributed by atoms with van der Waals surface area (Å²) < 4.78 is 0. The highest BCUT2D eigenvalue weighted by atomic mass is 32.1. The molecule has 0 amide bonds. The molecule has 5 aromatic heterocycles. The zero-order valence-electron chi connectivity index (χ0n) is 15.1. The number of fused-ring (bicyclic) bond motifs is 2. The van der Waals surface area contributed by atoms with Crippen molar-refractivity contribution in [2.24, 2.45) is 0 Å². The molecule has 0 aliphatic rings. The van der Waals surface area contributed by atoms with E-state index in [9.17, 15) is 0 Å². The van der Waals surface area contributed by atoms with Crippen LogP contribution >= 0.6 is 11.3 Å². The van der Waals surface area contributed by atoms with Crippen LogP contribution in [0, 0.1) is 0 Å². The maximum atomic E-state index is 4.58. The molecule has 7 heteroatoms. The molecule has 6 rings (SSSR count). The van der Waals surface area contributed by atoms with Crippen LogP contribution in [-0.4, -0.2) is 30.1 Å². The molecule has 0 radical (unpaired) electrons. The van der Waals surface area contributed by atoms with Crippen LogP contribution in [0.15, 0.2) is 72.1 Å². The lowest BCUT2D eigenvalue weighted by molar-refractivity contribution is 1.12. The molecule has 0 unspecified atom stereocenters. The Morgan fingerprint density at radius 2 is 1.83 bits per heavy atom. The summed E-state index contributed by atoms with van der Waals surface area (Å²) in [7, 11) is 0. The minimum absolute atomic E-state index is 0.835. The van der Waals surface area contributed by atoms with Gasteiger partial charge in [0.05, 0.1) is 34.8 Å². The van der Waals surface area contributed by atoms with Crippen LogP contribution in [-0.2, 0) is 0 Å². The van der Waals surface area contributed by atoms with Crippen LogP contribution in [0.2, 0.25) is 0 Å². The molecule has 0 saturated carbocycles. The summed E-state index contributed by atoms with van der Waals surface area (Å²) >= 11 is 1.68. The lowest BCUT2D eigenvalue weighted by atomic mass is 10.1. The van der Waals surface area contributed by atoms with Crippen molar-refractivity contribution in [3.8, 4) is 33.8 Å². The van der Waals surface area contributed by atoms with Gasteiger partial charge in [-0.15, -0.1) is 0 Å². The molecule has 0 atom stereocenters. The number of pyridine rings is 1. The normalized spacial score (nSPS) is 11.4. The molecule has 138 valence electrons. The van der Waals surface area contributed by atoms with Gasteiger partial charge in [-0.2, -0.15) is 16.4 Å². The Labute approximate surface area is 169 Å². The van der Waals surface area contributed by atoms with Crippen molar-refractivity contribution in [3.05, 3.63) is 72.1 Å². The molecular formula is C22H14N6S. The quantitative estimate of drug-likeness (QED) is 0.427. The molecule has 5 heterocycles. The number of nitrogens with zero attached hydrogens (tertiary/aromatic N) is 4. The van der Waals surface area contributed by atoms with Gasteiger partial charge in [-0.05, 0) is 40.6 Å². The molecule has 6 nitrogen and oxygen atoms in total. The first-order valence-electron chi connectivity index (χ1n) is 9.11. The summed E-state index contributed by atoms with van der Waals surface area (Å²) in [6, 6.07) is 10.4. The highest BCUT2D eigenvalue weighted by molar-refractivity contribution is 7.08. The third kappa shape index (κ3) is 2.63. The number of nitrogens with one attached hydrogen (secondary N) is 2. The van der Waals surface area contributed by atoms with Gasteiger partial charge in [0.15, 0.2) is 0 Å². The minimum Gasteiger partial charge on any atom is -0.352 e. The Hall–Kier alpha value is -3.84. The number of aromatic nitrogens is 6. The number of hydrogen-bond donors (Lipinski definition) is 2. The van der Waals surface area contributed by atoms with Gasteiger partial charge in [-0.3, -0.25) is 20.1 Å². The molecule has 0 saturated heterocycles. The second-order valence-corrected chi connectivity index (χ2v) is 7.55. The Bertz CT molecular complexity index is 1450. The summed E-state index contributed by atoms with van der Waals surface area (Å²) in [6.07, 6.45) is 8.91. The van der Waals surface area contributed by atoms with E-state index in [4.69, 9.17) is 0 Å². The predicted molar refractivity (Wildman–Crippen MR) is 116 cm³/mol. The second-order valence-electron chi connectivity index (χ2n) is 6.77. The van der Waals surface area contributed by atoms with Gasteiger partial charge < -0.3 is 4.98 Å². The Balaban J connectivity index is 1.53. The molecule has 1 aromatic carbocycles. The third-order valence-electron chi connectivity index (χ3n) is 5.05. The van der Waals surface area contributed by atoms with E-state index in [1.807, 2.05) is 24.5 Å². The maximum Gasteiger partial charge on any atom is 0.116 e. The van der Waals surface area contributed by atoms with E-state index in [1.54, 1.807) is 29.9 Å². The van der Waals surface area contributed by atoms with Crippen molar-refractivity contribution in [1.29, 1.82) is 0 Å². The lowest BCUT2D eigenvalue weighted by Crippen LogP contribution is -1.84. The average Bonchev–Trinajstić information content (AvgIpc) is 3.52. The van der Waals surface area contributed by atoms with Gasteiger partial charge in [0.25, 0.3) is 0 Å². The highest BCUT2D eigenvalue weighted by Crippen LogP contribution is 2.35. The van der Waals surface area contributed by atoms with Crippen molar-refractivity contribution in [2.75, 3.05) is 0 Å². The SMILES string of the molecule is c1cnc(-c2ccc3[nH]nc(-c4cc5c(-c6ccsc6)cncc5[nH]4)c3c2)cn1. The Kier molecular flexibility index (Phi) is 3.54. The summed E-state index contributed by atoms with van der Waals surface area (Å²) in [5.74, 6) is 0. The first-order valence-corrected chi connectivity index (χ1v) is 10.1. The first-order chi connectivity index (χ1) is 14.4. The van der Waals surface area contributed by atoms with Gasteiger partial charge in [-0.1, -0.05) is 6.07 Å². The fourth-order valence-corrected chi connectivity index (χ4v) is 4.31. The van der Waals surface area contributed by atoms with Gasteiger partial charge in [0, 0.05) is 40.5 Å². The minimum atomic E-state index is 0.835. The summed E-state index contributed by atoms with van der Waals surface area (Å²) in [6.45, 7) is 0. The van der Waals surface area contributed by atoms with Gasteiger partial charge >= 0.3 is 0 Å². The van der Waals surface area contributed by atoms with E-state index in [0.717, 1.165) is 50.0 Å². The van der Waals surface area contributed by atoms with Crippen molar-refractivity contribution in [1.82, 2.24) is 30.1 Å². The van der Waals surface area contributed by atoms with Gasteiger partial charge in [0.1, 0.15) is 5.69 Å². The molecule has 0 aliphatic heterocycles. The van der Waals surface area contributed by atoms with Crippen LogP contribution in [0.5, 0.6) is 0 Å². The summed E-state index contributed by atoms with van der Waals surface area (Å²) in [4.78, 5) is 16.5. The third-order valence-corrected chi connectivity index (χ3v) is 5.74. The smallest absolute Gasteiger partial charge is 0.116 e. The van der Waals surface area contributed by atoms with E-state index in [-0.39, 0.29) is 0 Å². The topological polar surface area (TPSA) is 83.1 Å². The summed E-state index contributed by atoms with van der Waals surface area (Å²) in [5.41, 5.74) is 7.92. The van der Waals surface area contributed by atoms with Gasteiger partial charge in [-0.25, -0.2) is 0 Å². The zero-order chi connectivity index (χ0) is 19.2. The van der Waals surface area contributed by atoms with E-state index in [0.29, 0.717) is 0 Å². The molecule has 29 heavy (non-hydrogen) atoms. The van der Waals surface area contributed by atoms with E-state index < -0.39 is 0 Å². The number of aromatic amines is 2. The highest BCUT2D eigenvalue weighted by Gasteiger charge is 2.15. The number of hydrogen-bond acceptors (Lipinski definition) is 5. The zero-order valence-corrected chi connectivity index (χ0v) is 15.9. The largest absolute Gasteiger partial charge is 0.352 e. The van der Waals surface area contributed by atoms with E-state index in [1.165, 1.54) is 5.56 Å². The van der Waals surface area contributed by atoms with Crippen LogP contribution in [0.25, 0.3) is 55.6 Å². The predicted octanol–water partition coefficient (Wildman–Crippen LogP) is 5.29. The molecular weight excluding hydrogens is 380 g/mol. The average molecular weight is 394 g/mol. The Morgan fingerprint density at radius 1 is 0.828 bits per heavy atom. The molecule has 2 N–H and O–H groups in total. The number of H-pyrrole nitrogens is 2. The van der Waals surface area contributed by atoms with E-state index in [2.05, 4.69) is 59.1 Å². The van der Waals surface area contributed by atoms with Gasteiger partial charge in [0.2, 0.25) is 0 Å². The molecule has 0 fully saturated rings. The van der Waals surface area contributed by atoms with Crippen molar-refractivity contribution in [2.45, 2.75) is 0 Å². The van der Waals surface area contributed by atoms with Crippen molar-refractivity contribution >= 4 is 33.1 Å². The monoisotopic (exact) mass is 394 g/mol. The fraction of sp³-hybridized carbons (Fsp3) is 0. The van der Waals surface area contributed by atoms with Crippen LogP contribution < -0.4 is 0 Å². The van der Waals surface area contributed by atoms with Crippen molar-refractivity contribution in [3.63, 3.8) is 0 Å². The molecule has 0 aliphatic carbocycles. The molecule has 6 aromatic rings. The standard InChI is InChI=1S/C22H14N6S/c1-2-18-16(7-13(1)20-10-23-4-5-25-20)22(28-27-18)19-8-15-17(14-3-6-29-12-14)9-24-11-21(15)26-19/h1-12,26H,(H,27,28).